The Labute approximate surface area is 253 Å². The van der Waals surface area contributed by atoms with Crippen LogP contribution in [0.25, 0.3) is 71.6 Å². The van der Waals surface area contributed by atoms with Crippen molar-refractivity contribution in [3.63, 3.8) is 0 Å². The summed E-state index contributed by atoms with van der Waals surface area (Å²) in [5, 5.41) is 3.56. The van der Waals surface area contributed by atoms with E-state index < -0.39 is 0 Å². The Balaban J connectivity index is 1.27. The maximum absolute atomic E-state index is 9.32. The molecule has 0 N–H and O–H groups in total. The van der Waals surface area contributed by atoms with E-state index >= 15 is 0 Å². The molecule has 0 saturated heterocycles. The monoisotopic (exact) mass is 542 g/mol. The Bertz CT molecular complexity index is 2680. The van der Waals surface area contributed by atoms with Gasteiger partial charge in [-0.1, -0.05) is 103 Å². The lowest BCUT2D eigenvalue weighted by Crippen LogP contribution is -1.97. The molecule has 7 aromatic carbocycles. The molecule has 196 valence electrons. The smallest absolute Gasteiger partial charge is 0.135 e. The minimum atomic E-state index is -0.390. The van der Waals surface area contributed by atoms with Crippen LogP contribution in [0.3, 0.4) is 0 Å². The highest BCUT2D eigenvalue weighted by atomic mass is 16.5. The summed E-state index contributed by atoms with van der Waals surface area (Å²) in [6.45, 7) is 0. The van der Waals surface area contributed by atoms with Gasteiger partial charge in [0.25, 0.3) is 0 Å². The van der Waals surface area contributed by atoms with Crippen LogP contribution >= 0.6 is 0 Å². The number of ether oxygens (including phenoxy) is 1. The first-order valence-electron chi connectivity index (χ1n) is 17.3. The van der Waals surface area contributed by atoms with Crippen molar-refractivity contribution in [3.8, 4) is 50.6 Å². The molecule has 0 fully saturated rings. The van der Waals surface area contributed by atoms with Crippen LogP contribution in [0.4, 0.5) is 0 Å². The minimum Gasteiger partial charge on any atom is -0.456 e. The van der Waals surface area contributed by atoms with E-state index in [4.69, 9.17) is 13.0 Å². The first-order valence-corrected chi connectivity index (χ1v) is 13.8. The van der Waals surface area contributed by atoms with Gasteiger partial charge in [0, 0.05) is 27.4 Å². The molecule has 0 bridgehead atoms. The summed E-state index contributed by atoms with van der Waals surface area (Å²) >= 11 is 0. The minimum absolute atomic E-state index is 0.0693. The van der Waals surface area contributed by atoms with Crippen molar-refractivity contribution >= 4 is 32.6 Å². The van der Waals surface area contributed by atoms with Gasteiger partial charge >= 0.3 is 0 Å². The highest BCUT2D eigenvalue weighted by Crippen LogP contribution is 2.47. The largest absolute Gasteiger partial charge is 0.456 e. The molecule has 0 spiro atoms. The van der Waals surface area contributed by atoms with E-state index in [0.29, 0.717) is 22.4 Å². The quantitative estimate of drug-likeness (QED) is 0.217. The van der Waals surface area contributed by atoms with Gasteiger partial charge in [0.1, 0.15) is 11.5 Å². The SMILES string of the molecule is [2H]c1c([2H])c(-c2c([2H])c([2H])c(-c3ccc4c(c3)c3ccccc3n4-c3ccccc3)c([2H])c2[2H])c([2H])c2c1Oc1cccc3cccc-2c13. The molecule has 1 aromatic heterocycles. The first-order chi connectivity index (χ1) is 23.8. The molecule has 0 saturated carbocycles. The van der Waals surface area contributed by atoms with Crippen molar-refractivity contribution in [3.05, 3.63) is 151 Å². The lowest BCUT2D eigenvalue weighted by molar-refractivity contribution is 0.487. The maximum atomic E-state index is 9.32. The van der Waals surface area contributed by atoms with E-state index in [1.165, 1.54) is 0 Å². The summed E-state index contributed by atoms with van der Waals surface area (Å²) in [7, 11) is 0. The van der Waals surface area contributed by atoms with Crippen LogP contribution in [0.5, 0.6) is 11.5 Å². The van der Waals surface area contributed by atoms with Crippen LogP contribution in [-0.2, 0) is 0 Å². The molecule has 8 aromatic rings. The number of hydrogen-bond donors (Lipinski definition) is 0. The van der Waals surface area contributed by atoms with Crippen molar-refractivity contribution in [2.45, 2.75) is 0 Å². The van der Waals surface area contributed by atoms with Gasteiger partial charge in [0.2, 0.25) is 0 Å². The van der Waals surface area contributed by atoms with E-state index in [0.717, 1.165) is 38.3 Å². The molecular formula is C40H25NO. The summed E-state index contributed by atoms with van der Waals surface area (Å²) in [5.74, 6) is 0.595. The van der Waals surface area contributed by atoms with Gasteiger partial charge < -0.3 is 9.30 Å². The van der Waals surface area contributed by atoms with Crippen LogP contribution in [0, 0.1) is 0 Å². The molecule has 0 aliphatic carbocycles. The molecule has 9 rings (SSSR count). The molecule has 0 radical (unpaired) electrons. The van der Waals surface area contributed by atoms with E-state index in [1.54, 1.807) is 6.07 Å². The zero-order chi connectivity index (χ0) is 33.7. The van der Waals surface area contributed by atoms with E-state index in [-0.39, 0.29) is 64.7 Å². The van der Waals surface area contributed by atoms with Crippen LogP contribution in [-0.4, -0.2) is 4.57 Å². The van der Waals surface area contributed by atoms with Gasteiger partial charge in [-0.2, -0.15) is 0 Å². The van der Waals surface area contributed by atoms with Crippen molar-refractivity contribution in [1.82, 2.24) is 4.57 Å². The molecule has 1 aliphatic heterocycles. The summed E-state index contributed by atoms with van der Waals surface area (Å²) in [6, 6.07) is 32.7. The number of rotatable bonds is 3. The van der Waals surface area contributed by atoms with Gasteiger partial charge in [0.15, 0.2) is 0 Å². The number of fused-ring (bicyclic) bond motifs is 5. The molecule has 2 heterocycles. The van der Waals surface area contributed by atoms with Gasteiger partial charge in [-0.25, -0.2) is 0 Å². The standard InChI is InChI=1S/C40H25NO/c1-2-10-31(11-3-1)41-36-14-5-4-12-32(36)34-24-29(20-22-37(34)41)26-16-18-27(19-17-26)30-21-23-38-35(25-30)33-13-6-8-28-9-7-15-39(42-38)40(28)33/h1-25H/i16D,17D,18D,19D,21D,23D,25D. The highest BCUT2D eigenvalue weighted by Gasteiger charge is 2.20. The fourth-order valence-corrected chi connectivity index (χ4v) is 6.06. The average molecular weight is 543 g/mol. The normalized spacial score (nSPS) is 14.3. The Morgan fingerprint density at radius 2 is 1.21 bits per heavy atom. The Hall–Kier alpha value is -5.60. The van der Waals surface area contributed by atoms with E-state index in [9.17, 15) is 1.37 Å². The lowest BCUT2D eigenvalue weighted by Gasteiger charge is -2.22. The molecule has 1 aliphatic rings. The van der Waals surface area contributed by atoms with Gasteiger partial charge in [0.05, 0.1) is 20.6 Å². The van der Waals surface area contributed by atoms with Crippen molar-refractivity contribution in [1.29, 1.82) is 0 Å². The lowest BCUT2D eigenvalue weighted by atomic mass is 9.92. The average Bonchev–Trinajstić information content (AvgIpc) is 3.45. The molecule has 2 heteroatoms. The predicted molar refractivity (Wildman–Crippen MR) is 175 cm³/mol. The Kier molecular flexibility index (Phi) is 3.68. The van der Waals surface area contributed by atoms with Crippen LogP contribution in [0.1, 0.15) is 9.60 Å². The third kappa shape index (κ3) is 3.45. The molecular weight excluding hydrogens is 510 g/mol. The number of aromatic nitrogens is 1. The molecule has 0 unspecified atom stereocenters. The number of nitrogens with zero attached hydrogens (tertiary/aromatic N) is 1. The second-order valence-corrected chi connectivity index (χ2v) is 10.4. The van der Waals surface area contributed by atoms with Crippen LogP contribution < -0.4 is 4.74 Å². The molecule has 0 amide bonds. The van der Waals surface area contributed by atoms with Crippen molar-refractivity contribution in [2.75, 3.05) is 0 Å². The Morgan fingerprint density at radius 3 is 2.07 bits per heavy atom. The molecule has 2 nitrogen and oxygen atoms in total. The first kappa shape index (κ1) is 17.3. The Morgan fingerprint density at radius 1 is 0.500 bits per heavy atom. The van der Waals surface area contributed by atoms with Gasteiger partial charge in [-0.15, -0.1) is 0 Å². The fourth-order valence-electron chi connectivity index (χ4n) is 6.06. The van der Waals surface area contributed by atoms with Crippen LogP contribution in [0.2, 0.25) is 0 Å². The van der Waals surface area contributed by atoms with Gasteiger partial charge in [-0.05, 0) is 81.7 Å². The van der Waals surface area contributed by atoms with Crippen molar-refractivity contribution < 1.29 is 14.3 Å². The summed E-state index contributed by atoms with van der Waals surface area (Å²) < 4.78 is 72.1. The zero-order valence-corrected chi connectivity index (χ0v) is 22.2. The summed E-state index contributed by atoms with van der Waals surface area (Å²) in [4.78, 5) is 0. The maximum Gasteiger partial charge on any atom is 0.135 e. The third-order valence-electron chi connectivity index (χ3n) is 7.98. The topological polar surface area (TPSA) is 14.2 Å². The second-order valence-electron chi connectivity index (χ2n) is 10.4. The molecule has 0 atom stereocenters. The number of para-hydroxylation sites is 2. The third-order valence-corrected chi connectivity index (χ3v) is 7.98. The predicted octanol–water partition coefficient (Wildman–Crippen LogP) is 11.0. The van der Waals surface area contributed by atoms with E-state index in [1.807, 2.05) is 103 Å². The number of hydrogen-bond acceptors (Lipinski definition) is 1. The molecule has 42 heavy (non-hydrogen) atoms. The number of benzene rings is 7. The summed E-state index contributed by atoms with van der Waals surface area (Å²) in [5.41, 5.74) is 4.22. The van der Waals surface area contributed by atoms with Gasteiger partial charge in [-0.3, -0.25) is 0 Å². The fraction of sp³-hybridized carbons (Fsp3) is 0. The van der Waals surface area contributed by atoms with E-state index in [2.05, 4.69) is 4.57 Å². The second kappa shape index (κ2) is 8.95. The zero-order valence-electron chi connectivity index (χ0n) is 29.2. The van der Waals surface area contributed by atoms with Crippen molar-refractivity contribution in [2.24, 2.45) is 0 Å². The highest BCUT2D eigenvalue weighted by molar-refractivity contribution is 6.10. The van der Waals surface area contributed by atoms with Crippen LogP contribution in [0.15, 0.2) is 151 Å². The summed E-state index contributed by atoms with van der Waals surface area (Å²) in [6.07, 6.45) is 0.